The van der Waals surface area contributed by atoms with Gasteiger partial charge >= 0.3 is 0 Å². The Balaban J connectivity index is 1.65. The van der Waals surface area contributed by atoms with Crippen molar-refractivity contribution in [3.05, 3.63) is 81.2 Å². The number of pyridine rings is 1. The van der Waals surface area contributed by atoms with Gasteiger partial charge in [0.1, 0.15) is 11.5 Å². The van der Waals surface area contributed by atoms with Crippen molar-refractivity contribution >= 4 is 34.2 Å². The predicted molar refractivity (Wildman–Crippen MR) is 127 cm³/mol. The molecule has 1 atom stereocenters. The minimum absolute atomic E-state index is 0.0963. The molecule has 0 saturated carbocycles. The highest BCUT2D eigenvalue weighted by Crippen LogP contribution is 2.27. The van der Waals surface area contributed by atoms with Crippen LogP contribution in [0, 0.1) is 10.5 Å². The zero-order valence-corrected chi connectivity index (χ0v) is 19.5. The maximum atomic E-state index is 12.7. The zero-order chi connectivity index (χ0) is 21.5. The van der Waals surface area contributed by atoms with E-state index in [-0.39, 0.29) is 12.0 Å². The summed E-state index contributed by atoms with van der Waals surface area (Å²) in [4.78, 5) is 17.2. The first kappa shape index (κ1) is 22.2. The number of aromatic nitrogens is 1. The number of rotatable bonds is 8. The number of ether oxygens (including phenoxy) is 2. The molecule has 6 heteroatoms. The Morgan fingerprint density at radius 3 is 2.50 bits per heavy atom. The third-order valence-electron chi connectivity index (χ3n) is 4.52. The summed E-state index contributed by atoms with van der Waals surface area (Å²) >= 11 is 2.24. The maximum Gasteiger partial charge on any atom is 0.257 e. The standard InChI is InChI=1S/C24H25IN2O3/c1-4-15-29-17(3)22-14-13-20(16(2)26-22)24(28)27-18-9-11-19(12-10-18)30-23-8-6-5-7-21(23)25/h5-14,17H,4,15H2,1-3H3,(H,27,28). The van der Waals surface area contributed by atoms with Gasteiger partial charge in [0.05, 0.1) is 26.6 Å². The van der Waals surface area contributed by atoms with Crippen LogP contribution >= 0.6 is 22.6 Å². The van der Waals surface area contributed by atoms with Gasteiger partial charge in [-0.3, -0.25) is 9.78 Å². The summed E-state index contributed by atoms with van der Waals surface area (Å²) in [5, 5.41) is 2.92. The quantitative estimate of drug-likeness (QED) is 0.346. The number of carbonyl (C=O) groups is 1. The number of hydrogen-bond donors (Lipinski definition) is 1. The first-order valence-corrected chi connectivity index (χ1v) is 11.0. The maximum absolute atomic E-state index is 12.7. The normalized spacial score (nSPS) is 11.7. The molecule has 0 aliphatic carbocycles. The molecule has 0 saturated heterocycles. The second-order valence-electron chi connectivity index (χ2n) is 6.89. The molecule has 3 aromatic rings. The number of hydrogen-bond acceptors (Lipinski definition) is 4. The molecule has 0 aliphatic rings. The Morgan fingerprint density at radius 1 is 1.10 bits per heavy atom. The summed E-state index contributed by atoms with van der Waals surface area (Å²) in [7, 11) is 0. The summed E-state index contributed by atoms with van der Waals surface area (Å²) in [6, 6.07) is 18.8. The number of nitrogens with zero attached hydrogens (tertiary/aromatic N) is 1. The minimum atomic E-state index is -0.194. The lowest BCUT2D eigenvalue weighted by Gasteiger charge is -2.14. The third kappa shape index (κ3) is 5.79. The van der Waals surface area contributed by atoms with Crippen LogP contribution in [0.15, 0.2) is 60.7 Å². The lowest BCUT2D eigenvalue weighted by molar-refractivity contribution is 0.0632. The Kier molecular flexibility index (Phi) is 7.81. The SMILES string of the molecule is CCCOC(C)c1ccc(C(=O)Nc2ccc(Oc3ccccc3I)cc2)c(C)n1. The van der Waals surface area contributed by atoms with E-state index >= 15 is 0 Å². The van der Waals surface area contributed by atoms with Crippen molar-refractivity contribution in [2.45, 2.75) is 33.3 Å². The van der Waals surface area contributed by atoms with Crippen LogP contribution in [0.1, 0.15) is 48.1 Å². The van der Waals surface area contributed by atoms with Crippen LogP contribution in [0.2, 0.25) is 0 Å². The molecule has 0 bridgehead atoms. The molecule has 5 nitrogen and oxygen atoms in total. The first-order valence-electron chi connectivity index (χ1n) is 9.91. The molecule has 1 amide bonds. The van der Waals surface area contributed by atoms with Crippen LogP contribution < -0.4 is 10.1 Å². The van der Waals surface area contributed by atoms with E-state index in [1.165, 1.54) is 0 Å². The second kappa shape index (κ2) is 10.5. The van der Waals surface area contributed by atoms with E-state index in [9.17, 15) is 4.79 Å². The van der Waals surface area contributed by atoms with E-state index in [0.717, 1.165) is 21.4 Å². The number of carbonyl (C=O) groups excluding carboxylic acids is 1. The summed E-state index contributed by atoms with van der Waals surface area (Å²) in [6.07, 6.45) is 0.860. The average Bonchev–Trinajstić information content (AvgIpc) is 2.74. The van der Waals surface area contributed by atoms with Crippen LogP contribution in [-0.4, -0.2) is 17.5 Å². The van der Waals surface area contributed by atoms with Crippen molar-refractivity contribution < 1.29 is 14.3 Å². The number of benzene rings is 2. The van der Waals surface area contributed by atoms with Gasteiger partial charge in [0.25, 0.3) is 5.91 Å². The largest absolute Gasteiger partial charge is 0.456 e. The summed E-state index contributed by atoms with van der Waals surface area (Å²) in [5.41, 5.74) is 2.74. The predicted octanol–water partition coefficient (Wildman–Crippen LogP) is 6.53. The fraction of sp³-hybridized carbons (Fsp3) is 0.250. The van der Waals surface area contributed by atoms with Crippen LogP contribution in [-0.2, 0) is 4.74 Å². The van der Waals surface area contributed by atoms with Crippen molar-refractivity contribution in [3.63, 3.8) is 0 Å². The smallest absolute Gasteiger partial charge is 0.257 e. The van der Waals surface area contributed by atoms with Gasteiger partial charge in [-0.15, -0.1) is 0 Å². The highest BCUT2D eigenvalue weighted by atomic mass is 127. The lowest BCUT2D eigenvalue weighted by atomic mass is 10.1. The Morgan fingerprint density at radius 2 is 1.83 bits per heavy atom. The third-order valence-corrected chi connectivity index (χ3v) is 5.41. The van der Waals surface area contributed by atoms with Gasteiger partial charge < -0.3 is 14.8 Å². The van der Waals surface area contributed by atoms with Crippen molar-refractivity contribution in [1.82, 2.24) is 4.98 Å². The number of halogens is 1. The second-order valence-corrected chi connectivity index (χ2v) is 8.06. The van der Waals surface area contributed by atoms with Gasteiger partial charge in [0, 0.05) is 12.3 Å². The van der Waals surface area contributed by atoms with E-state index in [4.69, 9.17) is 9.47 Å². The number of aryl methyl sites for hydroxylation is 1. The molecule has 1 N–H and O–H groups in total. The van der Waals surface area contributed by atoms with Gasteiger partial charge in [-0.25, -0.2) is 0 Å². The average molecular weight is 516 g/mol. The highest BCUT2D eigenvalue weighted by Gasteiger charge is 2.14. The summed E-state index contributed by atoms with van der Waals surface area (Å²) in [5.74, 6) is 1.31. The van der Waals surface area contributed by atoms with Crippen LogP contribution in [0.25, 0.3) is 0 Å². The molecule has 1 unspecified atom stereocenters. The van der Waals surface area contributed by atoms with E-state index in [1.54, 1.807) is 6.07 Å². The number of anilines is 1. The monoisotopic (exact) mass is 516 g/mol. The minimum Gasteiger partial charge on any atom is -0.456 e. The molecule has 0 aliphatic heterocycles. The topological polar surface area (TPSA) is 60.5 Å². The Hall–Kier alpha value is -2.45. The van der Waals surface area contributed by atoms with E-state index in [2.05, 4.69) is 39.8 Å². The van der Waals surface area contributed by atoms with E-state index < -0.39 is 0 Å². The van der Waals surface area contributed by atoms with Crippen LogP contribution in [0.5, 0.6) is 11.5 Å². The van der Waals surface area contributed by atoms with E-state index in [0.29, 0.717) is 29.3 Å². The fourth-order valence-electron chi connectivity index (χ4n) is 2.89. The van der Waals surface area contributed by atoms with Crippen LogP contribution in [0.3, 0.4) is 0 Å². The van der Waals surface area contributed by atoms with Crippen LogP contribution in [0.4, 0.5) is 5.69 Å². The molecule has 30 heavy (non-hydrogen) atoms. The lowest BCUT2D eigenvalue weighted by Crippen LogP contribution is -2.15. The number of para-hydroxylation sites is 1. The Labute approximate surface area is 191 Å². The molecule has 0 fully saturated rings. The number of amides is 1. The molecule has 1 heterocycles. The zero-order valence-electron chi connectivity index (χ0n) is 17.3. The number of nitrogens with one attached hydrogen (secondary N) is 1. The Bertz CT molecular complexity index is 1010. The molecular formula is C24H25IN2O3. The molecule has 3 rings (SSSR count). The van der Waals surface area contributed by atoms with E-state index in [1.807, 2.05) is 68.4 Å². The van der Waals surface area contributed by atoms with Gasteiger partial charge in [-0.2, -0.15) is 0 Å². The molecule has 2 aromatic carbocycles. The van der Waals surface area contributed by atoms with Crippen molar-refractivity contribution in [2.24, 2.45) is 0 Å². The fourth-order valence-corrected chi connectivity index (χ4v) is 3.38. The van der Waals surface area contributed by atoms with Gasteiger partial charge in [-0.05, 0) is 91.4 Å². The molecule has 1 aromatic heterocycles. The summed E-state index contributed by atoms with van der Waals surface area (Å²) in [6.45, 7) is 6.56. The van der Waals surface area contributed by atoms with Crippen molar-refractivity contribution in [3.8, 4) is 11.5 Å². The van der Waals surface area contributed by atoms with Gasteiger partial charge in [-0.1, -0.05) is 19.1 Å². The van der Waals surface area contributed by atoms with Crippen molar-refractivity contribution in [1.29, 1.82) is 0 Å². The molecular weight excluding hydrogens is 491 g/mol. The molecule has 156 valence electrons. The van der Waals surface area contributed by atoms with Crippen molar-refractivity contribution in [2.75, 3.05) is 11.9 Å². The van der Waals surface area contributed by atoms with Gasteiger partial charge in [0.15, 0.2) is 0 Å². The highest BCUT2D eigenvalue weighted by molar-refractivity contribution is 14.1. The van der Waals surface area contributed by atoms with Gasteiger partial charge in [0.2, 0.25) is 0 Å². The molecule has 0 spiro atoms. The molecule has 0 radical (unpaired) electrons. The first-order chi connectivity index (χ1) is 14.5. The summed E-state index contributed by atoms with van der Waals surface area (Å²) < 4.78 is 12.6.